The molecule has 0 fully saturated rings. The maximum Gasteiger partial charge on any atom is 0.0624 e. The molecule has 0 aliphatic heterocycles. The Balaban J connectivity index is 2.25. The van der Waals surface area contributed by atoms with E-state index in [2.05, 4.69) is 48.5 Å². The SMILES string of the molecule is CCNC(Cc1cc(CC)nn1C)c1ccc(C)c(Cl)c1. The summed E-state index contributed by atoms with van der Waals surface area (Å²) in [6.07, 6.45) is 1.88. The van der Waals surface area contributed by atoms with Gasteiger partial charge in [-0.1, -0.05) is 37.6 Å². The number of likely N-dealkylation sites (N-methyl/N-ethyl adjacent to an activating group) is 1. The van der Waals surface area contributed by atoms with E-state index < -0.39 is 0 Å². The first-order chi connectivity index (χ1) is 10.0. The molecule has 1 N–H and O–H groups in total. The summed E-state index contributed by atoms with van der Waals surface area (Å²) >= 11 is 6.27. The van der Waals surface area contributed by atoms with Crippen LogP contribution in [-0.2, 0) is 19.9 Å². The molecular weight excluding hydrogens is 282 g/mol. The predicted octanol–water partition coefficient (Wildman–Crippen LogP) is 3.84. The third-order valence-corrected chi connectivity index (χ3v) is 4.26. The lowest BCUT2D eigenvalue weighted by molar-refractivity contribution is 0.528. The number of aryl methyl sites for hydroxylation is 3. The second-order valence-electron chi connectivity index (χ2n) is 5.43. The molecule has 1 atom stereocenters. The van der Waals surface area contributed by atoms with Gasteiger partial charge in [0.15, 0.2) is 0 Å². The smallest absolute Gasteiger partial charge is 0.0624 e. The summed E-state index contributed by atoms with van der Waals surface area (Å²) in [5, 5.41) is 8.91. The Morgan fingerprint density at radius 2 is 2.05 bits per heavy atom. The van der Waals surface area contributed by atoms with Crippen LogP contribution < -0.4 is 5.32 Å². The van der Waals surface area contributed by atoms with Gasteiger partial charge in [-0.05, 0) is 43.1 Å². The molecule has 0 bridgehead atoms. The fourth-order valence-electron chi connectivity index (χ4n) is 2.52. The van der Waals surface area contributed by atoms with Crippen molar-refractivity contribution in [3.8, 4) is 0 Å². The molecular formula is C17H24ClN3. The van der Waals surface area contributed by atoms with Crippen molar-refractivity contribution < 1.29 is 0 Å². The van der Waals surface area contributed by atoms with E-state index in [1.807, 2.05) is 18.7 Å². The van der Waals surface area contributed by atoms with Gasteiger partial charge in [0.2, 0.25) is 0 Å². The minimum absolute atomic E-state index is 0.258. The van der Waals surface area contributed by atoms with Gasteiger partial charge in [-0.25, -0.2) is 0 Å². The summed E-state index contributed by atoms with van der Waals surface area (Å²) in [7, 11) is 2.01. The maximum atomic E-state index is 6.27. The zero-order valence-corrected chi connectivity index (χ0v) is 14.0. The molecule has 1 unspecified atom stereocenters. The molecule has 2 rings (SSSR count). The summed E-state index contributed by atoms with van der Waals surface area (Å²) in [6.45, 7) is 7.22. The number of halogens is 1. The van der Waals surface area contributed by atoms with Crippen molar-refractivity contribution in [1.82, 2.24) is 15.1 Å². The van der Waals surface area contributed by atoms with Gasteiger partial charge in [0.25, 0.3) is 0 Å². The van der Waals surface area contributed by atoms with Crippen molar-refractivity contribution in [3.05, 3.63) is 51.8 Å². The molecule has 0 amide bonds. The van der Waals surface area contributed by atoms with Crippen LogP contribution in [0, 0.1) is 6.92 Å². The van der Waals surface area contributed by atoms with Crippen molar-refractivity contribution in [2.75, 3.05) is 6.54 Å². The average molecular weight is 306 g/mol. The van der Waals surface area contributed by atoms with Crippen LogP contribution in [0.3, 0.4) is 0 Å². The Morgan fingerprint density at radius 3 is 2.62 bits per heavy atom. The first-order valence-corrected chi connectivity index (χ1v) is 7.94. The summed E-state index contributed by atoms with van der Waals surface area (Å²) in [6, 6.07) is 8.77. The van der Waals surface area contributed by atoms with Gasteiger partial charge < -0.3 is 5.32 Å². The topological polar surface area (TPSA) is 29.9 Å². The second-order valence-corrected chi connectivity index (χ2v) is 5.83. The number of nitrogens with one attached hydrogen (secondary N) is 1. The van der Waals surface area contributed by atoms with E-state index in [-0.39, 0.29) is 6.04 Å². The van der Waals surface area contributed by atoms with Crippen molar-refractivity contribution in [2.45, 2.75) is 39.7 Å². The second kappa shape index (κ2) is 7.10. The molecule has 1 aromatic heterocycles. The van der Waals surface area contributed by atoms with E-state index in [0.29, 0.717) is 0 Å². The molecule has 114 valence electrons. The molecule has 0 aliphatic rings. The molecule has 3 nitrogen and oxygen atoms in total. The molecule has 0 aliphatic carbocycles. The first kappa shape index (κ1) is 16.1. The van der Waals surface area contributed by atoms with E-state index in [1.165, 1.54) is 11.3 Å². The third-order valence-electron chi connectivity index (χ3n) is 3.85. The predicted molar refractivity (Wildman–Crippen MR) is 88.9 cm³/mol. The highest BCUT2D eigenvalue weighted by Crippen LogP contribution is 2.24. The Bertz CT molecular complexity index is 604. The summed E-state index contributed by atoms with van der Waals surface area (Å²) < 4.78 is 1.99. The third kappa shape index (κ3) is 3.86. The minimum atomic E-state index is 0.258. The van der Waals surface area contributed by atoms with Gasteiger partial charge in [-0.15, -0.1) is 0 Å². The number of rotatable bonds is 6. The van der Waals surface area contributed by atoms with Gasteiger partial charge in [-0.3, -0.25) is 4.68 Å². The Hall–Kier alpha value is -1.32. The lowest BCUT2D eigenvalue weighted by Gasteiger charge is -2.19. The van der Waals surface area contributed by atoms with Crippen LogP contribution >= 0.6 is 11.6 Å². The maximum absolute atomic E-state index is 6.27. The van der Waals surface area contributed by atoms with Crippen LogP contribution in [0.4, 0.5) is 0 Å². The highest BCUT2D eigenvalue weighted by molar-refractivity contribution is 6.31. The summed E-state index contributed by atoms with van der Waals surface area (Å²) in [5.74, 6) is 0. The van der Waals surface area contributed by atoms with E-state index in [4.69, 9.17) is 11.6 Å². The van der Waals surface area contributed by atoms with Gasteiger partial charge in [0.1, 0.15) is 0 Å². The van der Waals surface area contributed by atoms with Crippen LogP contribution in [0.1, 0.15) is 42.4 Å². The van der Waals surface area contributed by atoms with Gasteiger partial charge in [0.05, 0.1) is 5.69 Å². The zero-order valence-electron chi connectivity index (χ0n) is 13.3. The van der Waals surface area contributed by atoms with E-state index in [9.17, 15) is 0 Å². The van der Waals surface area contributed by atoms with Crippen LogP contribution in [-0.4, -0.2) is 16.3 Å². The van der Waals surface area contributed by atoms with Crippen LogP contribution in [0.2, 0.25) is 5.02 Å². The molecule has 21 heavy (non-hydrogen) atoms. The standard InChI is InChI=1S/C17H24ClN3/c1-5-14-10-15(21(4)20-14)11-17(19-6-2)13-8-7-12(3)16(18)9-13/h7-10,17,19H,5-6,11H2,1-4H3. The van der Waals surface area contributed by atoms with Gasteiger partial charge >= 0.3 is 0 Å². The summed E-state index contributed by atoms with van der Waals surface area (Å²) in [4.78, 5) is 0. The molecule has 0 saturated heterocycles. The number of hydrogen-bond donors (Lipinski definition) is 1. The Labute approximate surface area is 132 Å². The van der Waals surface area contributed by atoms with Gasteiger partial charge in [0, 0.05) is 30.2 Å². The minimum Gasteiger partial charge on any atom is -0.310 e. The largest absolute Gasteiger partial charge is 0.310 e. The molecule has 0 saturated carbocycles. The Morgan fingerprint density at radius 1 is 1.29 bits per heavy atom. The van der Waals surface area contributed by atoms with Crippen molar-refractivity contribution in [3.63, 3.8) is 0 Å². The average Bonchev–Trinajstić information content (AvgIpc) is 2.82. The van der Waals surface area contributed by atoms with Crippen LogP contribution in [0.15, 0.2) is 24.3 Å². The van der Waals surface area contributed by atoms with E-state index in [0.717, 1.165) is 35.7 Å². The lowest BCUT2D eigenvalue weighted by atomic mass is 10.0. The zero-order chi connectivity index (χ0) is 15.4. The summed E-state index contributed by atoms with van der Waals surface area (Å²) in [5.41, 5.74) is 4.73. The van der Waals surface area contributed by atoms with Crippen molar-refractivity contribution in [1.29, 1.82) is 0 Å². The molecule has 0 radical (unpaired) electrons. The molecule has 4 heteroatoms. The lowest BCUT2D eigenvalue weighted by Crippen LogP contribution is -2.24. The van der Waals surface area contributed by atoms with Crippen LogP contribution in [0.25, 0.3) is 0 Å². The molecule has 2 aromatic rings. The number of aromatic nitrogens is 2. The number of benzene rings is 1. The van der Waals surface area contributed by atoms with Gasteiger partial charge in [-0.2, -0.15) is 5.10 Å². The first-order valence-electron chi connectivity index (χ1n) is 7.56. The number of nitrogens with zero attached hydrogens (tertiary/aromatic N) is 2. The van der Waals surface area contributed by atoms with E-state index >= 15 is 0 Å². The molecule has 1 heterocycles. The normalized spacial score (nSPS) is 12.6. The number of hydrogen-bond acceptors (Lipinski definition) is 2. The van der Waals surface area contributed by atoms with E-state index in [1.54, 1.807) is 0 Å². The fourth-order valence-corrected chi connectivity index (χ4v) is 2.71. The molecule has 1 aromatic carbocycles. The molecule has 0 spiro atoms. The van der Waals surface area contributed by atoms with Crippen molar-refractivity contribution >= 4 is 11.6 Å². The Kier molecular flexibility index (Phi) is 5.43. The highest BCUT2D eigenvalue weighted by atomic mass is 35.5. The quantitative estimate of drug-likeness (QED) is 0.879. The monoisotopic (exact) mass is 305 g/mol. The van der Waals surface area contributed by atoms with Crippen molar-refractivity contribution in [2.24, 2.45) is 7.05 Å². The van der Waals surface area contributed by atoms with Crippen LogP contribution in [0.5, 0.6) is 0 Å². The highest BCUT2D eigenvalue weighted by Gasteiger charge is 2.15. The fraction of sp³-hybridized carbons (Fsp3) is 0.471.